The predicted molar refractivity (Wildman–Crippen MR) is 55.2 cm³/mol. The Kier molecular flexibility index (Phi) is 7.70. The third kappa shape index (κ3) is 8.94. The second kappa shape index (κ2) is 7.86. The molecule has 0 aromatic heterocycles. The van der Waals surface area contributed by atoms with E-state index in [9.17, 15) is 13.2 Å². The van der Waals surface area contributed by atoms with Crippen molar-refractivity contribution in [3.05, 3.63) is 0 Å². The molecule has 0 aromatic carbocycles. The molecule has 0 radical (unpaired) electrons. The summed E-state index contributed by atoms with van der Waals surface area (Å²) in [6, 6.07) is -0.636. The van der Waals surface area contributed by atoms with E-state index in [0.717, 1.165) is 0 Å². The molecule has 0 aliphatic heterocycles. The van der Waals surface area contributed by atoms with E-state index in [1.165, 1.54) is 6.92 Å². The Morgan fingerprint density at radius 1 is 1.12 bits per heavy atom. The Labute approximate surface area is 94.3 Å². The molecule has 3 nitrogen and oxygen atoms in total. The quantitative estimate of drug-likeness (QED) is 0.664. The smallest absolute Gasteiger partial charge is 0.352 e. The Morgan fingerprint density at radius 3 is 2.00 bits per heavy atom. The van der Waals surface area contributed by atoms with Crippen LogP contribution in [0.2, 0.25) is 0 Å². The molecule has 0 heterocycles. The normalized spacial score (nSPS) is 14.4. The van der Waals surface area contributed by atoms with Gasteiger partial charge < -0.3 is 14.8 Å². The monoisotopic (exact) mass is 243 g/mol. The van der Waals surface area contributed by atoms with Gasteiger partial charge >= 0.3 is 6.18 Å². The molecule has 0 aromatic rings. The molecule has 0 spiro atoms. The van der Waals surface area contributed by atoms with Gasteiger partial charge in [0.25, 0.3) is 0 Å². The maximum Gasteiger partial charge on any atom is 0.390 e. The van der Waals surface area contributed by atoms with Gasteiger partial charge in [-0.1, -0.05) is 0 Å². The molecule has 0 saturated carbocycles. The molecule has 0 bridgehead atoms. The predicted octanol–water partition coefficient (Wildman–Crippen LogP) is 2.32. The zero-order valence-electron chi connectivity index (χ0n) is 9.93. The van der Waals surface area contributed by atoms with Crippen molar-refractivity contribution in [1.29, 1.82) is 0 Å². The van der Waals surface area contributed by atoms with Gasteiger partial charge in [0, 0.05) is 25.8 Å². The first-order chi connectivity index (χ1) is 7.39. The molecule has 1 unspecified atom stereocenters. The van der Waals surface area contributed by atoms with Crippen molar-refractivity contribution in [2.75, 3.05) is 19.8 Å². The summed E-state index contributed by atoms with van der Waals surface area (Å²) in [5, 5.41) is 2.74. The van der Waals surface area contributed by atoms with Crippen LogP contribution in [0.15, 0.2) is 0 Å². The summed E-state index contributed by atoms with van der Waals surface area (Å²) in [7, 11) is 0. The molecule has 98 valence electrons. The van der Waals surface area contributed by atoms with Gasteiger partial charge in [-0.2, -0.15) is 13.2 Å². The van der Waals surface area contributed by atoms with Crippen LogP contribution in [0, 0.1) is 0 Å². The fourth-order valence-corrected chi connectivity index (χ4v) is 1.25. The summed E-state index contributed by atoms with van der Waals surface area (Å²) in [6.45, 7) is 6.32. The van der Waals surface area contributed by atoms with Crippen LogP contribution < -0.4 is 5.32 Å². The largest absolute Gasteiger partial charge is 0.390 e. The molecular weight excluding hydrogens is 223 g/mol. The number of alkyl halides is 3. The standard InChI is InChI=1S/C10H20F3NO2/c1-4-15-9(16-5-2)7-14-8(3)6-10(11,12)13/h8-9,14H,4-7H2,1-3H3. The second-order valence-corrected chi connectivity index (χ2v) is 3.47. The van der Waals surface area contributed by atoms with Crippen LogP contribution in [0.5, 0.6) is 0 Å². The van der Waals surface area contributed by atoms with Gasteiger partial charge in [-0.3, -0.25) is 0 Å². The van der Waals surface area contributed by atoms with Crippen molar-refractivity contribution < 1.29 is 22.6 Å². The lowest BCUT2D eigenvalue weighted by Crippen LogP contribution is -2.38. The topological polar surface area (TPSA) is 30.5 Å². The van der Waals surface area contributed by atoms with Gasteiger partial charge in [0.2, 0.25) is 0 Å². The van der Waals surface area contributed by atoms with Gasteiger partial charge in [0.05, 0.1) is 6.42 Å². The molecule has 0 aliphatic rings. The van der Waals surface area contributed by atoms with Gasteiger partial charge in [-0.25, -0.2) is 0 Å². The van der Waals surface area contributed by atoms with E-state index >= 15 is 0 Å². The Hall–Kier alpha value is -0.330. The molecule has 0 saturated heterocycles. The first-order valence-corrected chi connectivity index (χ1v) is 5.42. The van der Waals surface area contributed by atoms with E-state index in [4.69, 9.17) is 9.47 Å². The highest BCUT2D eigenvalue weighted by atomic mass is 19.4. The number of ether oxygens (including phenoxy) is 2. The van der Waals surface area contributed by atoms with Crippen LogP contribution in [-0.4, -0.2) is 38.3 Å². The lowest BCUT2D eigenvalue weighted by atomic mass is 10.2. The minimum atomic E-state index is -4.14. The number of hydrogen-bond donors (Lipinski definition) is 1. The first kappa shape index (κ1) is 15.7. The summed E-state index contributed by atoms with van der Waals surface area (Å²) in [5.41, 5.74) is 0. The van der Waals surface area contributed by atoms with Gasteiger partial charge in [0.15, 0.2) is 6.29 Å². The molecular formula is C10H20F3NO2. The summed E-state index contributed by atoms with van der Waals surface area (Å²) < 4.78 is 46.5. The Balaban J connectivity index is 3.81. The average Bonchev–Trinajstić information content (AvgIpc) is 2.12. The highest BCUT2D eigenvalue weighted by Crippen LogP contribution is 2.21. The summed E-state index contributed by atoms with van der Waals surface area (Å²) in [4.78, 5) is 0. The summed E-state index contributed by atoms with van der Waals surface area (Å²) in [6.07, 6.45) is -5.47. The highest BCUT2D eigenvalue weighted by molar-refractivity contribution is 4.66. The van der Waals surface area contributed by atoms with Crippen LogP contribution in [0.4, 0.5) is 13.2 Å². The van der Waals surface area contributed by atoms with Crippen LogP contribution in [-0.2, 0) is 9.47 Å². The summed E-state index contributed by atoms with van der Waals surface area (Å²) >= 11 is 0. The highest BCUT2D eigenvalue weighted by Gasteiger charge is 2.29. The van der Waals surface area contributed by atoms with Crippen molar-refractivity contribution in [3.63, 3.8) is 0 Å². The fourth-order valence-electron chi connectivity index (χ4n) is 1.25. The van der Waals surface area contributed by atoms with Crippen molar-refractivity contribution in [2.45, 2.75) is 45.7 Å². The zero-order valence-corrected chi connectivity index (χ0v) is 9.93. The van der Waals surface area contributed by atoms with Crippen molar-refractivity contribution in [1.82, 2.24) is 5.32 Å². The van der Waals surface area contributed by atoms with E-state index in [1.54, 1.807) is 0 Å². The van der Waals surface area contributed by atoms with Crippen molar-refractivity contribution in [2.24, 2.45) is 0 Å². The van der Waals surface area contributed by atoms with Crippen LogP contribution in [0.3, 0.4) is 0 Å². The van der Waals surface area contributed by atoms with Gasteiger partial charge in [0.1, 0.15) is 0 Å². The SMILES string of the molecule is CCOC(CNC(C)CC(F)(F)F)OCC. The maximum atomic E-state index is 12.0. The van der Waals surface area contributed by atoms with E-state index in [1.807, 2.05) is 13.8 Å². The molecule has 6 heteroatoms. The molecule has 0 fully saturated rings. The van der Waals surface area contributed by atoms with E-state index in [0.29, 0.717) is 13.2 Å². The number of rotatable bonds is 8. The Morgan fingerprint density at radius 2 is 1.62 bits per heavy atom. The van der Waals surface area contributed by atoms with Crippen molar-refractivity contribution in [3.8, 4) is 0 Å². The number of hydrogen-bond acceptors (Lipinski definition) is 3. The zero-order chi connectivity index (χ0) is 12.6. The van der Waals surface area contributed by atoms with Crippen LogP contribution in [0.25, 0.3) is 0 Å². The summed E-state index contributed by atoms with van der Waals surface area (Å²) in [5.74, 6) is 0. The third-order valence-electron chi connectivity index (χ3n) is 1.88. The lowest BCUT2D eigenvalue weighted by Gasteiger charge is -2.21. The molecule has 0 amide bonds. The van der Waals surface area contributed by atoms with Crippen LogP contribution >= 0.6 is 0 Å². The van der Waals surface area contributed by atoms with E-state index in [-0.39, 0.29) is 6.54 Å². The van der Waals surface area contributed by atoms with E-state index < -0.39 is 24.9 Å². The molecule has 1 N–H and O–H groups in total. The maximum absolute atomic E-state index is 12.0. The van der Waals surface area contributed by atoms with Gasteiger partial charge in [-0.05, 0) is 20.8 Å². The van der Waals surface area contributed by atoms with Gasteiger partial charge in [-0.15, -0.1) is 0 Å². The molecule has 1 atom stereocenters. The minimum absolute atomic E-state index is 0.263. The molecule has 16 heavy (non-hydrogen) atoms. The van der Waals surface area contributed by atoms with E-state index in [2.05, 4.69) is 5.32 Å². The number of nitrogens with one attached hydrogen (secondary N) is 1. The average molecular weight is 243 g/mol. The van der Waals surface area contributed by atoms with Crippen LogP contribution in [0.1, 0.15) is 27.2 Å². The minimum Gasteiger partial charge on any atom is -0.352 e. The molecule has 0 aliphatic carbocycles. The number of halogens is 3. The fraction of sp³-hybridized carbons (Fsp3) is 1.00. The molecule has 0 rings (SSSR count). The first-order valence-electron chi connectivity index (χ1n) is 5.42. The lowest BCUT2D eigenvalue weighted by molar-refractivity contribution is -0.147. The third-order valence-corrected chi connectivity index (χ3v) is 1.88. The Bertz CT molecular complexity index is 170. The van der Waals surface area contributed by atoms with Crippen molar-refractivity contribution >= 4 is 0 Å². The second-order valence-electron chi connectivity index (χ2n) is 3.47.